The van der Waals surface area contributed by atoms with Gasteiger partial charge in [-0.2, -0.15) is 15.1 Å². The van der Waals surface area contributed by atoms with Crippen LogP contribution >= 0.6 is 23.2 Å². The van der Waals surface area contributed by atoms with Crippen molar-refractivity contribution in [2.75, 3.05) is 43.9 Å². The number of rotatable bonds is 5. The summed E-state index contributed by atoms with van der Waals surface area (Å²) in [4.78, 5) is 25.9. The van der Waals surface area contributed by atoms with Gasteiger partial charge in [0.25, 0.3) is 0 Å². The summed E-state index contributed by atoms with van der Waals surface area (Å²) >= 11 is 12.5. The van der Waals surface area contributed by atoms with Gasteiger partial charge in [-0.15, -0.1) is 0 Å². The van der Waals surface area contributed by atoms with Gasteiger partial charge in [-0.05, 0) is 43.8 Å². The number of aromatic nitrogens is 4. The van der Waals surface area contributed by atoms with Gasteiger partial charge in [-0.3, -0.25) is 0 Å². The zero-order valence-electron chi connectivity index (χ0n) is 21.3. The number of hydrogen-bond acceptors (Lipinski definition) is 9. The Hall–Kier alpha value is -3.86. The van der Waals surface area contributed by atoms with E-state index in [1.165, 1.54) is 0 Å². The first-order valence-corrected chi connectivity index (χ1v) is 13.3. The topological polar surface area (TPSA) is 116 Å². The van der Waals surface area contributed by atoms with Crippen LogP contribution in [0.15, 0.2) is 51.7 Å². The standard InChI is InChI=1S/C27H25Cl2N7O3/c1-3-20-24-25(30)31-27(32-26(24)36(33-20)17-11-15(28)10-16(29)12-17)38-18-4-5-19-21(14-23(37)39-22(19)13-18)35-8-6-34(2)7-9-35/h4-5,10-14H,3,6-9H2,1-2H3,(H2,30,31,32). The van der Waals surface area contributed by atoms with Crippen LogP contribution in [0, 0.1) is 0 Å². The fourth-order valence-electron chi connectivity index (χ4n) is 4.83. The van der Waals surface area contributed by atoms with Crippen molar-refractivity contribution in [3.63, 3.8) is 0 Å². The van der Waals surface area contributed by atoms with Gasteiger partial charge in [0.1, 0.15) is 17.2 Å². The molecule has 1 aliphatic rings. The highest BCUT2D eigenvalue weighted by Gasteiger charge is 2.21. The minimum absolute atomic E-state index is 0.0221. The van der Waals surface area contributed by atoms with Gasteiger partial charge in [0.2, 0.25) is 0 Å². The zero-order chi connectivity index (χ0) is 27.3. The molecule has 200 valence electrons. The molecule has 1 fully saturated rings. The highest BCUT2D eigenvalue weighted by molar-refractivity contribution is 6.34. The molecule has 5 aromatic rings. The summed E-state index contributed by atoms with van der Waals surface area (Å²) in [6.45, 7) is 5.46. The summed E-state index contributed by atoms with van der Waals surface area (Å²) < 4.78 is 13.2. The smallest absolute Gasteiger partial charge is 0.338 e. The summed E-state index contributed by atoms with van der Waals surface area (Å²) in [5.41, 5.74) is 9.01. The summed E-state index contributed by atoms with van der Waals surface area (Å²) in [5.74, 6) is 0.628. The number of hydrogen-bond donors (Lipinski definition) is 1. The average Bonchev–Trinajstić information content (AvgIpc) is 3.27. The molecule has 3 aromatic heterocycles. The van der Waals surface area contributed by atoms with Crippen LogP contribution in [0.4, 0.5) is 11.5 Å². The lowest BCUT2D eigenvalue weighted by Gasteiger charge is -2.34. The summed E-state index contributed by atoms with van der Waals surface area (Å²) in [6.07, 6.45) is 0.616. The lowest BCUT2D eigenvalue weighted by molar-refractivity contribution is 0.313. The first-order valence-electron chi connectivity index (χ1n) is 12.5. The fourth-order valence-corrected chi connectivity index (χ4v) is 5.35. The van der Waals surface area contributed by atoms with Crippen LogP contribution in [0.2, 0.25) is 10.0 Å². The molecule has 4 heterocycles. The molecule has 0 aliphatic carbocycles. The minimum atomic E-state index is -0.424. The molecule has 0 radical (unpaired) electrons. The molecule has 0 amide bonds. The lowest BCUT2D eigenvalue weighted by Crippen LogP contribution is -2.44. The number of piperazine rings is 1. The normalized spacial score (nSPS) is 14.4. The largest absolute Gasteiger partial charge is 0.424 e. The Labute approximate surface area is 233 Å². The fraction of sp³-hybridized carbons (Fsp3) is 0.259. The Morgan fingerprint density at radius 1 is 1.03 bits per heavy atom. The molecule has 0 spiro atoms. The average molecular weight is 566 g/mol. The molecule has 0 saturated carbocycles. The van der Waals surface area contributed by atoms with Crippen LogP contribution in [0.3, 0.4) is 0 Å². The second kappa shape index (κ2) is 10.0. The Bertz CT molecular complexity index is 1760. The third-order valence-corrected chi connectivity index (χ3v) is 7.22. The van der Waals surface area contributed by atoms with Crippen molar-refractivity contribution in [2.45, 2.75) is 13.3 Å². The second-order valence-corrected chi connectivity index (χ2v) is 10.3. The van der Waals surface area contributed by atoms with E-state index >= 15 is 0 Å². The molecule has 10 nitrogen and oxygen atoms in total. The zero-order valence-corrected chi connectivity index (χ0v) is 22.8. The number of nitrogen functional groups attached to an aromatic ring is 1. The maximum absolute atomic E-state index is 12.4. The number of benzene rings is 2. The van der Waals surface area contributed by atoms with Crippen LogP contribution in [0.25, 0.3) is 27.7 Å². The molecule has 0 atom stereocenters. The molecule has 1 aliphatic heterocycles. The Balaban J connectivity index is 1.40. The number of nitrogens with zero attached hydrogens (tertiary/aromatic N) is 6. The molecule has 2 aromatic carbocycles. The predicted octanol–water partition coefficient (Wildman–Crippen LogP) is 4.92. The van der Waals surface area contributed by atoms with Crippen LogP contribution < -0.4 is 21.0 Å². The molecule has 6 rings (SSSR count). The van der Waals surface area contributed by atoms with Gasteiger partial charge in [-0.1, -0.05) is 30.1 Å². The van der Waals surface area contributed by atoms with Crippen molar-refractivity contribution >= 4 is 56.7 Å². The molecular weight excluding hydrogens is 541 g/mol. The van der Waals surface area contributed by atoms with Crippen LogP contribution in [-0.4, -0.2) is 57.9 Å². The summed E-state index contributed by atoms with van der Waals surface area (Å²) in [5, 5.41) is 7.06. The van der Waals surface area contributed by atoms with Gasteiger partial charge in [-0.25, -0.2) is 9.48 Å². The monoisotopic (exact) mass is 565 g/mol. The first-order chi connectivity index (χ1) is 18.8. The summed E-state index contributed by atoms with van der Waals surface area (Å²) in [7, 11) is 2.09. The molecular formula is C27H25Cl2N7O3. The van der Waals surface area contributed by atoms with E-state index in [1.54, 1.807) is 41.1 Å². The van der Waals surface area contributed by atoms with Crippen molar-refractivity contribution in [2.24, 2.45) is 0 Å². The van der Waals surface area contributed by atoms with Crippen molar-refractivity contribution < 1.29 is 9.15 Å². The Morgan fingerprint density at radius 2 is 1.77 bits per heavy atom. The van der Waals surface area contributed by atoms with Gasteiger partial charge in [0.15, 0.2) is 5.65 Å². The van der Waals surface area contributed by atoms with Gasteiger partial charge >= 0.3 is 11.6 Å². The van der Waals surface area contributed by atoms with Gasteiger partial charge < -0.3 is 24.7 Å². The van der Waals surface area contributed by atoms with E-state index in [9.17, 15) is 4.79 Å². The number of fused-ring (bicyclic) bond motifs is 2. The van der Waals surface area contributed by atoms with Crippen molar-refractivity contribution in [1.29, 1.82) is 0 Å². The third-order valence-electron chi connectivity index (χ3n) is 6.78. The van der Waals surface area contributed by atoms with E-state index in [2.05, 4.69) is 31.9 Å². The Morgan fingerprint density at radius 3 is 2.49 bits per heavy atom. The van der Waals surface area contributed by atoms with E-state index in [-0.39, 0.29) is 11.8 Å². The van der Waals surface area contributed by atoms with Crippen molar-refractivity contribution in [3.8, 4) is 17.4 Å². The molecule has 39 heavy (non-hydrogen) atoms. The number of halogens is 2. The minimum Gasteiger partial charge on any atom is -0.424 e. The highest BCUT2D eigenvalue weighted by atomic mass is 35.5. The van der Waals surface area contributed by atoms with Gasteiger partial charge in [0.05, 0.1) is 22.5 Å². The quantitative estimate of drug-likeness (QED) is 0.296. The van der Waals surface area contributed by atoms with Crippen LogP contribution in [0.5, 0.6) is 11.8 Å². The van der Waals surface area contributed by atoms with E-state index in [1.807, 2.05) is 13.0 Å². The SMILES string of the molecule is CCc1nn(-c2cc(Cl)cc(Cl)c2)c2nc(Oc3ccc4c(N5CCN(C)CC5)cc(=O)oc4c3)nc(N)c12. The van der Waals surface area contributed by atoms with Gasteiger partial charge in [0, 0.05) is 53.7 Å². The van der Waals surface area contributed by atoms with Crippen LogP contribution in [-0.2, 0) is 6.42 Å². The van der Waals surface area contributed by atoms with Crippen LogP contribution in [0.1, 0.15) is 12.6 Å². The van der Waals surface area contributed by atoms with Crippen molar-refractivity contribution in [1.82, 2.24) is 24.6 Å². The number of ether oxygens (including phenoxy) is 1. The molecule has 1 saturated heterocycles. The summed E-state index contributed by atoms with van der Waals surface area (Å²) in [6, 6.07) is 12.0. The Kier molecular flexibility index (Phi) is 6.54. The van der Waals surface area contributed by atoms with E-state index in [4.69, 9.17) is 38.1 Å². The molecule has 0 unspecified atom stereocenters. The van der Waals surface area contributed by atoms with E-state index in [0.29, 0.717) is 44.5 Å². The number of nitrogens with two attached hydrogens (primary N) is 1. The molecule has 12 heteroatoms. The number of aryl methyl sites for hydroxylation is 1. The lowest BCUT2D eigenvalue weighted by atomic mass is 10.1. The number of likely N-dealkylation sites (N-methyl/N-ethyl adjacent to an activating group) is 1. The predicted molar refractivity (Wildman–Crippen MR) is 153 cm³/mol. The maximum atomic E-state index is 12.4. The number of anilines is 2. The second-order valence-electron chi connectivity index (χ2n) is 9.43. The third kappa shape index (κ3) is 4.87. The van der Waals surface area contributed by atoms with Crippen molar-refractivity contribution in [3.05, 3.63) is 68.6 Å². The van der Waals surface area contributed by atoms with E-state index in [0.717, 1.165) is 42.9 Å². The van der Waals surface area contributed by atoms with E-state index < -0.39 is 5.63 Å². The molecule has 2 N–H and O–H groups in total. The molecule has 0 bridgehead atoms. The maximum Gasteiger partial charge on any atom is 0.338 e. The first kappa shape index (κ1) is 25.4. The highest BCUT2D eigenvalue weighted by Crippen LogP contribution is 2.33.